The Hall–Kier alpha value is -1.32. The van der Waals surface area contributed by atoms with Crippen molar-refractivity contribution in [2.75, 3.05) is 13.1 Å². The third-order valence-corrected chi connectivity index (χ3v) is 2.96. The van der Waals surface area contributed by atoms with Gasteiger partial charge in [-0.1, -0.05) is 23.7 Å². The second kappa shape index (κ2) is 5.84. The summed E-state index contributed by atoms with van der Waals surface area (Å²) in [7, 11) is 0. The third kappa shape index (κ3) is 3.88. The molecule has 2 N–H and O–H groups in total. The molecular formula is C13H15ClN2O. The Balaban J connectivity index is 1.86. The average Bonchev–Trinajstić information content (AvgIpc) is 2.81. The predicted octanol–water partition coefficient (Wildman–Crippen LogP) is 1.83. The third-order valence-electron chi connectivity index (χ3n) is 2.70. The number of hydrogen-bond donors (Lipinski definition) is 2. The van der Waals surface area contributed by atoms with Crippen molar-refractivity contribution in [2.45, 2.75) is 12.5 Å². The lowest BCUT2D eigenvalue weighted by atomic mass is 10.2. The highest BCUT2D eigenvalue weighted by Gasteiger charge is 2.14. The van der Waals surface area contributed by atoms with Crippen LogP contribution in [-0.2, 0) is 4.79 Å². The SMILES string of the molecule is O=C(C=Cc1ccc(Cl)cc1)N[C@@H]1CCNC1. The molecular weight excluding hydrogens is 236 g/mol. The van der Waals surface area contributed by atoms with Crippen LogP contribution in [0.5, 0.6) is 0 Å². The summed E-state index contributed by atoms with van der Waals surface area (Å²) in [5.41, 5.74) is 0.967. The van der Waals surface area contributed by atoms with Gasteiger partial charge in [-0.25, -0.2) is 0 Å². The maximum absolute atomic E-state index is 11.6. The van der Waals surface area contributed by atoms with Crippen LogP contribution in [0.4, 0.5) is 0 Å². The quantitative estimate of drug-likeness (QED) is 0.804. The monoisotopic (exact) mass is 250 g/mol. The van der Waals surface area contributed by atoms with Gasteiger partial charge in [0.05, 0.1) is 0 Å². The highest BCUT2D eigenvalue weighted by Crippen LogP contribution is 2.10. The van der Waals surface area contributed by atoms with Gasteiger partial charge in [-0.15, -0.1) is 0 Å². The fraction of sp³-hybridized carbons (Fsp3) is 0.308. The topological polar surface area (TPSA) is 41.1 Å². The van der Waals surface area contributed by atoms with Crippen molar-refractivity contribution in [1.29, 1.82) is 0 Å². The number of hydrogen-bond acceptors (Lipinski definition) is 2. The Morgan fingerprint density at radius 1 is 1.41 bits per heavy atom. The highest BCUT2D eigenvalue weighted by atomic mass is 35.5. The van der Waals surface area contributed by atoms with Crippen molar-refractivity contribution in [3.8, 4) is 0 Å². The molecule has 1 amide bonds. The Bertz CT molecular complexity index is 408. The average molecular weight is 251 g/mol. The van der Waals surface area contributed by atoms with Crippen LogP contribution in [0.1, 0.15) is 12.0 Å². The van der Waals surface area contributed by atoms with E-state index in [0.29, 0.717) is 5.02 Å². The second-order valence-electron chi connectivity index (χ2n) is 4.08. The summed E-state index contributed by atoms with van der Waals surface area (Å²) in [6.45, 7) is 1.84. The van der Waals surface area contributed by atoms with Crippen LogP contribution >= 0.6 is 11.6 Å². The van der Waals surface area contributed by atoms with Crippen molar-refractivity contribution >= 4 is 23.6 Å². The number of carbonyl (C=O) groups is 1. The second-order valence-corrected chi connectivity index (χ2v) is 4.52. The molecule has 90 valence electrons. The largest absolute Gasteiger partial charge is 0.348 e. The zero-order valence-electron chi connectivity index (χ0n) is 9.45. The lowest BCUT2D eigenvalue weighted by Crippen LogP contribution is -2.34. The maximum atomic E-state index is 11.6. The Kier molecular flexibility index (Phi) is 4.18. The van der Waals surface area contributed by atoms with Crippen LogP contribution < -0.4 is 10.6 Å². The van der Waals surface area contributed by atoms with E-state index in [4.69, 9.17) is 11.6 Å². The predicted molar refractivity (Wildman–Crippen MR) is 69.9 cm³/mol. The van der Waals surface area contributed by atoms with E-state index in [0.717, 1.165) is 25.1 Å². The van der Waals surface area contributed by atoms with Crippen molar-refractivity contribution in [2.24, 2.45) is 0 Å². The molecule has 1 aliphatic rings. The van der Waals surface area contributed by atoms with Gasteiger partial charge in [-0.2, -0.15) is 0 Å². The summed E-state index contributed by atoms with van der Waals surface area (Å²) in [5, 5.41) is 6.85. The van der Waals surface area contributed by atoms with Gasteiger partial charge in [-0.3, -0.25) is 4.79 Å². The smallest absolute Gasteiger partial charge is 0.244 e. The van der Waals surface area contributed by atoms with Crippen LogP contribution in [0.15, 0.2) is 30.3 Å². The van der Waals surface area contributed by atoms with Gasteiger partial charge in [0.2, 0.25) is 5.91 Å². The number of carbonyl (C=O) groups excluding carboxylic acids is 1. The molecule has 0 aromatic heterocycles. The molecule has 0 radical (unpaired) electrons. The summed E-state index contributed by atoms with van der Waals surface area (Å²) < 4.78 is 0. The van der Waals surface area contributed by atoms with E-state index in [-0.39, 0.29) is 11.9 Å². The van der Waals surface area contributed by atoms with E-state index < -0.39 is 0 Å². The summed E-state index contributed by atoms with van der Waals surface area (Å²) in [4.78, 5) is 11.6. The molecule has 0 unspecified atom stereocenters. The zero-order chi connectivity index (χ0) is 12.1. The molecule has 4 heteroatoms. The van der Waals surface area contributed by atoms with E-state index in [2.05, 4.69) is 10.6 Å². The van der Waals surface area contributed by atoms with Gasteiger partial charge in [0.1, 0.15) is 0 Å². The number of nitrogens with one attached hydrogen (secondary N) is 2. The Morgan fingerprint density at radius 3 is 2.82 bits per heavy atom. The van der Waals surface area contributed by atoms with E-state index in [1.807, 2.05) is 12.1 Å². The van der Waals surface area contributed by atoms with E-state index in [1.54, 1.807) is 24.3 Å². The van der Waals surface area contributed by atoms with Gasteiger partial charge in [0, 0.05) is 23.7 Å². The zero-order valence-corrected chi connectivity index (χ0v) is 10.2. The standard InChI is InChI=1S/C13H15ClN2O/c14-11-4-1-10(2-5-11)3-6-13(17)16-12-7-8-15-9-12/h1-6,12,15H,7-9H2,(H,16,17)/t12-/m1/s1. The maximum Gasteiger partial charge on any atom is 0.244 e. The molecule has 1 aromatic rings. The minimum Gasteiger partial charge on any atom is -0.348 e. The molecule has 1 fully saturated rings. The van der Waals surface area contributed by atoms with Gasteiger partial charge < -0.3 is 10.6 Å². The van der Waals surface area contributed by atoms with Crippen LogP contribution in [-0.4, -0.2) is 25.0 Å². The van der Waals surface area contributed by atoms with Crippen LogP contribution in [0.25, 0.3) is 6.08 Å². The molecule has 17 heavy (non-hydrogen) atoms. The summed E-state index contributed by atoms with van der Waals surface area (Å²) in [6, 6.07) is 7.63. The van der Waals surface area contributed by atoms with Gasteiger partial charge >= 0.3 is 0 Å². The van der Waals surface area contributed by atoms with Crippen LogP contribution in [0, 0.1) is 0 Å². The molecule has 0 saturated carbocycles. The number of benzene rings is 1. The first-order chi connectivity index (χ1) is 8.24. The molecule has 1 heterocycles. The molecule has 2 rings (SSSR count). The number of halogens is 1. The molecule has 0 aliphatic carbocycles. The molecule has 1 atom stereocenters. The normalized spacial score (nSPS) is 19.7. The highest BCUT2D eigenvalue weighted by molar-refractivity contribution is 6.30. The fourth-order valence-corrected chi connectivity index (χ4v) is 1.90. The molecule has 1 aromatic carbocycles. The van der Waals surface area contributed by atoms with Crippen molar-refractivity contribution in [3.63, 3.8) is 0 Å². The van der Waals surface area contributed by atoms with Gasteiger partial charge in [0.15, 0.2) is 0 Å². The first kappa shape index (κ1) is 12.1. The summed E-state index contributed by atoms with van der Waals surface area (Å²) in [6.07, 6.45) is 4.34. The van der Waals surface area contributed by atoms with Gasteiger partial charge in [0.25, 0.3) is 0 Å². The summed E-state index contributed by atoms with van der Waals surface area (Å²) >= 11 is 5.78. The molecule has 1 saturated heterocycles. The lowest BCUT2D eigenvalue weighted by molar-refractivity contribution is -0.117. The molecule has 0 bridgehead atoms. The number of amides is 1. The minimum atomic E-state index is -0.0475. The van der Waals surface area contributed by atoms with E-state index in [9.17, 15) is 4.79 Å². The van der Waals surface area contributed by atoms with Crippen molar-refractivity contribution in [3.05, 3.63) is 40.9 Å². The fourth-order valence-electron chi connectivity index (χ4n) is 1.77. The van der Waals surface area contributed by atoms with E-state index >= 15 is 0 Å². The van der Waals surface area contributed by atoms with Crippen LogP contribution in [0.2, 0.25) is 5.02 Å². The molecule has 1 aliphatic heterocycles. The first-order valence-corrected chi connectivity index (χ1v) is 6.07. The van der Waals surface area contributed by atoms with Crippen LogP contribution in [0.3, 0.4) is 0 Å². The number of rotatable bonds is 3. The summed E-state index contributed by atoms with van der Waals surface area (Å²) in [5.74, 6) is -0.0475. The minimum absolute atomic E-state index is 0.0475. The Labute approximate surface area is 106 Å². The van der Waals surface area contributed by atoms with Crippen molar-refractivity contribution < 1.29 is 4.79 Å². The Morgan fingerprint density at radius 2 is 2.18 bits per heavy atom. The van der Waals surface area contributed by atoms with Gasteiger partial charge in [-0.05, 0) is 36.7 Å². The van der Waals surface area contributed by atoms with E-state index in [1.165, 1.54) is 0 Å². The first-order valence-electron chi connectivity index (χ1n) is 5.69. The molecule has 0 spiro atoms. The lowest BCUT2D eigenvalue weighted by Gasteiger charge is -2.08. The molecule has 3 nitrogen and oxygen atoms in total. The van der Waals surface area contributed by atoms with Crippen molar-refractivity contribution in [1.82, 2.24) is 10.6 Å².